The van der Waals surface area contributed by atoms with Gasteiger partial charge < -0.3 is 4.74 Å². The molecule has 0 heterocycles. The van der Waals surface area contributed by atoms with E-state index in [-0.39, 0.29) is 11.8 Å². The van der Waals surface area contributed by atoms with Crippen LogP contribution in [0.5, 0.6) is 0 Å². The van der Waals surface area contributed by atoms with Crippen LogP contribution in [0.25, 0.3) is 11.1 Å². The molecule has 2 aromatic carbocycles. The zero-order valence-electron chi connectivity index (χ0n) is 11.2. The van der Waals surface area contributed by atoms with Gasteiger partial charge >= 0.3 is 5.97 Å². The van der Waals surface area contributed by atoms with E-state index in [1.165, 1.54) is 19.2 Å². The van der Waals surface area contributed by atoms with Crippen LogP contribution in [0, 0.1) is 5.82 Å². The molecule has 3 heteroatoms. The highest BCUT2D eigenvalue weighted by molar-refractivity contribution is 5.91. The molecule has 0 amide bonds. The minimum absolute atomic E-state index is 0.288. The summed E-state index contributed by atoms with van der Waals surface area (Å²) in [6.45, 7) is 3.70. The summed E-state index contributed by atoms with van der Waals surface area (Å²) in [6.07, 6.45) is 2.42. The number of allylic oxidation sites excluding steroid dienone is 1. The van der Waals surface area contributed by atoms with Crippen molar-refractivity contribution in [3.8, 4) is 11.1 Å². The highest BCUT2D eigenvalue weighted by Gasteiger charge is 2.09. The normalized spacial score (nSPS) is 10.1. The molecule has 0 aromatic heterocycles. The van der Waals surface area contributed by atoms with Crippen LogP contribution in [0.1, 0.15) is 15.9 Å². The van der Waals surface area contributed by atoms with Gasteiger partial charge in [-0.3, -0.25) is 0 Å². The number of hydrogen-bond acceptors (Lipinski definition) is 2. The zero-order chi connectivity index (χ0) is 14.5. The van der Waals surface area contributed by atoms with Crippen LogP contribution < -0.4 is 0 Å². The summed E-state index contributed by atoms with van der Waals surface area (Å²) >= 11 is 0. The Morgan fingerprint density at radius 3 is 2.50 bits per heavy atom. The fraction of sp³-hybridized carbons (Fsp3) is 0.118. The molecule has 0 saturated heterocycles. The summed E-state index contributed by atoms with van der Waals surface area (Å²) in [7, 11) is 1.35. The van der Waals surface area contributed by atoms with Gasteiger partial charge in [-0.2, -0.15) is 0 Å². The number of carbonyl (C=O) groups excluding carboxylic acids is 1. The Labute approximate surface area is 117 Å². The molecule has 20 heavy (non-hydrogen) atoms. The van der Waals surface area contributed by atoms with Gasteiger partial charge in [-0.15, -0.1) is 6.58 Å². The number of methoxy groups -OCH3 is 1. The van der Waals surface area contributed by atoms with E-state index in [1.54, 1.807) is 30.3 Å². The summed E-state index contributed by atoms with van der Waals surface area (Å²) in [4.78, 5) is 11.7. The molecule has 0 spiro atoms. The van der Waals surface area contributed by atoms with Crippen molar-refractivity contribution in [2.24, 2.45) is 0 Å². The highest BCUT2D eigenvalue weighted by Crippen LogP contribution is 2.23. The van der Waals surface area contributed by atoms with Crippen molar-refractivity contribution in [1.29, 1.82) is 0 Å². The molecule has 2 aromatic rings. The first kappa shape index (κ1) is 14.0. The average Bonchev–Trinajstić information content (AvgIpc) is 2.47. The first-order valence-corrected chi connectivity index (χ1v) is 6.23. The summed E-state index contributed by atoms with van der Waals surface area (Å²) in [5, 5.41) is 0. The number of ether oxygens (including phenoxy) is 1. The molecule has 2 rings (SSSR count). The summed E-state index contributed by atoms with van der Waals surface area (Å²) in [5.41, 5.74) is 3.14. The second-order valence-corrected chi connectivity index (χ2v) is 4.41. The predicted octanol–water partition coefficient (Wildman–Crippen LogP) is 4.01. The Morgan fingerprint density at radius 2 is 1.90 bits per heavy atom. The van der Waals surface area contributed by atoms with Crippen molar-refractivity contribution < 1.29 is 13.9 Å². The third-order valence-electron chi connectivity index (χ3n) is 2.97. The first-order valence-electron chi connectivity index (χ1n) is 6.23. The molecule has 2 nitrogen and oxygen atoms in total. The summed E-state index contributed by atoms with van der Waals surface area (Å²) < 4.78 is 17.7. The van der Waals surface area contributed by atoms with Gasteiger partial charge in [0.1, 0.15) is 5.82 Å². The smallest absolute Gasteiger partial charge is 0.337 e. The quantitative estimate of drug-likeness (QED) is 0.620. The lowest BCUT2D eigenvalue weighted by molar-refractivity contribution is 0.0600. The second-order valence-electron chi connectivity index (χ2n) is 4.41. The molecular weight excluding hydrogens is 255 g/mol. The van der Waals surface area contributed by atoms with Gasteiger partial charge in [0, 0.05) is 0 Å². The van der Waals surface area contributed by atoms with E-state index < -0.39 is 0 Å². The van der Waals surface area contributed by atoms with Crippen LogP contribution in [-0.2, 0) is 11.2 Å². The molecule has 0 fully saturated rings. The number of esters is 1. The highest BCUT2D eigenvalue weighted by atomic mass is 19.1. The average molecular weight is 270 g/mol. The SMILES string of the molecule is C=CCc1cc(C(=O)OC)cc(-c2ccc(F)cc2)c1. The maximum absolute atomic E-state index is 13.0. The lowest BCUT2D eigenvalue weighted by Gasteiger charge is -2.08. The monoisotopic (exact) mass is 270 g/mol. The number of hydrogen-bond donors (Lipinski definition) is 0. The Balaban J connectivity index is 2.50. The molecule has 0 aliphatic rings. The maximum Gasteiger partial charge on any atom is 0.337 e. The van der Waals surface area contributed by atoms with Gasteiger partial charge in [-0.25, -0.2) is 9.18 Å². The minimum atomic E-state index is -0.390. The molecule has 0 unspecified atom stereocenters. The van der Waals surface area contributed by atoms with Crippen molar-refractivity contribution in [2.75, 3.05) is 7.11 Å². The zero-order valence-corrected chi connectivity index (χ0v) is 11.2. The fourth-order valence-corrected chi connectivity index (χ4v) is 2.02. The van der Waals surface area contributed by atoms with Gasteiger partial charge in [-0.1, -0.05) is 24.3 Å². The number of carbonyl (C=O) groups is 1. The van der Waals surface area contributed by atoms with Gasteiger partial charge in [0.15, 0.2) is 0 Å². The van der Waals surface area contributed by atoms with E-state index in [4.69, 9.17) is 4.74 Å². The lowest BCUT2D eigenvalue weighted by Crippen LogP contribution is -2.02. The molecule has 0 aliphatic carbocycles. The Morgan fingerprint density at radius 1 is 1.20 bits per heavy atom. The second kappa shape index (κ2) is 6.15. The van der Waals surface area contributed by atoms with Crippen LogP contribution >= 0.6 is 0 Å². The van der Waals surface area contributed by atoms with E-state index >= 15 is 0 Å². The van der Waals surface area contributed by atoms with Gasteiger partial charge in [0.25, 0.3) is 0 Å². The van der Waals surface area contributed by atoms with Crippen molar-refractivity contribution in [1.82, 2.24) is 0 Å². The lowest BCUT2D eigenvalue weighted by atomic mass is 9.98. The molecular formula is C17H15FO2. The minimum Gasteiger partial charge on any atom is -0.465 e. The van der Waals surface area contributed by atoms with Crippen LogP contribution in [-0.4, -0.2) is 13.1 Å². The van der Waals surface area contributed by atoms with E-state index in [0.29, 0.717) is 12.0 Å². The third-order valence-corrected chi connectivity index (χ3v) is 2.97. The standard InChI is InChI=1S/C17H15FO2/c1-3-4-12-9-14(11-15(10-12)17(19)20-2)13-5-7-16(18)8-6-13/h3,5-11H,1,4H2,2H3. The van der Waals surface area contributed by atoms with Crippen molar-refractivity contribution >= 4 is 5.97 Å². The van der Waals surface area contributed by atoms with Gasteiger partial charge in [0.2, 0.25) is 0 Å². The van der Waals surface area contributed by atoms with E-state index in [0.717, 1.165) is 16.7 Å². The van der Waals surface area contributed by atoms with Gasteiger partial charge in [0.05, 0.1) is 12.7 Å². The Kier molecular flexibility index (Phi) is 4.31. The first-order chi connectivity index (χ1) is 9.63. The fourth-order valence-electron chi connectivity index (χ4n) is 2.02. The van der Waals surface area contributed by atoms with Crippen LogP contribution in [0.4, 0.5) is 4.39 Å². The third kappa shape index (κ3) is 3.12. The molecule has 0 atom stereocenters. The molecule has 0 bridgehead atoms. The van der Waals surface area contributed by atoms with Crippen molar-refractivity contribution in [2.45, 2.75) is 6.42 Å². The Bertz CT molecular complexity index is 630. The molecule has 0 N–H and O–H groups in total. The van der Waals surface area contributed by atoms with Crippen molar-refractivity contribution in [3.05, 3.63) is 72.1 Å². The molecule has 0 aliphatic heterocycles. The molecule has 0 saturated carbocycles. The molecule has 102 valence electrons. The molecule has 0 radical (unpaired) electrons. The summed E-state index contributed by atoms with van der Waals surface area (Å²) in [6, 6.07) is 11.6. The summed E-state index contributed by atoms with van der Waals surface area (Å²) in [5.74, 6) is -0.677. The van der Waals surface area contributed by atoms with Crippen LogP contribution in [0.2, 0.25) is 0 Å². The number of halogens is 1. The van der Waals surface area contributed by atoms with Gasteiger partial charge in [-0.05, 0) is 47.4 Å². The van der Waals surface area contributed by atoms with E-state index in [2.05, 4.69) is 6.58 Å². The number of benzene rings is 2. The Hall–Kier alpha value is -2.42. The number of rotatable bonds is 4. The maximum atomic E-state index is 13.0. The van der Waals surface area contributed by atoms with E-state index in [9.17, 15) is 9.18 Å². The predicted molar refractivity (Wildman–Crippen MR) is 77.1 cm³/mol. The van der Waals surface area contributed by atoms with Crippen molar-refractivity contribution in [3.63, 3.8) is 0 Å². The van der Waals surface area contributed by atoms with E-state index in [1.807, 2.05) is 6.07 Å². The van der Waals surface area contributed by atoms with Crippen LogP contribution in [0.3, 0.4) is 0 Å². The van der Waals surface area contributed by atoms with Crippen LogP contribution in [0.15, 0.2) is 55.1 Å². The topological polar surface area (TPSA) is 26.3 Å². The largest absolute Gasteiger partial charge is 0.465 e.